The van der Waals surface area contributed by atoms with Crippen molar-refractivity contribution in [2.75, 3.05) is 0 Å². The number of hydrogen-bond acceptors (Lipinski definition) is 2. The molecule has 0 aliphatic carbocycles. The van der Waals surface area contributed by atoms with Gasteiger partial charge in [0.25, 0.3) is 0 Å². The highest BCUT2D eigenvalue weighted by Crippen LogP contribution is 2.38. The third kappa shape index (κ3) is 2.41. The molecule has 2 nitrogen and oxygen atoms in total. The average molecular weight is 405 g/mol. The number of fused-ring (bicyclic) bond motifs is 3. The molecule has 0 N–H and O–H groups in total. The second-order valence-electron chi connectivity index (χ2n) is 5.87. The minimum atomic E-state index is 1.02. The molecule has 3 aromatic carbocycles. The number of nitrogens with zero attached hydrogens (tertiary/aromatic N) is 2. The van der Waals surface area contributed by atoms with Crippen LogP contribution < -0.4 is 0 Å². The second-order valence-corrected chi connectivity index (χ2v) is 7.80. The lowest BCUT2D eigenvalue weighted by atomic mass is 10.0. The van der Waals surface area contributed by atoms with Crippen molar-refractivity contribution < 1.29 is 0 Å². The maximum absolute atomic E-state index is 4.99. The fraction of sp³-hybridized carbons (Fsp3) is 0. The van der Waals surface area contributed by atoms with Crippen LogP contribution in [0, 0.1) is 0 Å². The zero-order valence-electron chi connectivity index (χ0n) is 13.2. The van der Waals surface area contributed by atoms with Crippen molar-refractivity contribution >= 4 is 42.4 Å². The lowest BCUT2D eigenvalue weighted by molar-refractivity contribution is 1.29. The predicted molar refractivity (Wildman–Crippen MR) is 109 cm³/mol. The Hall–Kier alpha value is -2.43. The molecular formula is C21H13BrN2S. The number of hydrogen-bond donors (Lipinski definition) is 0. The minimum Gasteiger partial charge on any atom is -0.282 e. The summed E-state index contributed by atoms with van der Waals surface area (Å²) in [7, 11) is 0. The number of benzene rings is 3. The summed E-state index contributed by atoms with van der Waals surface area (Å²) < 4.78 is 4.60. The van der Waals surface area contributed by atoms with E-state index in [0.29, 0.717) is 0 Å². The SMILES string of the molecule is Brc1ccc2c(c1)sc1nc(-c3ccccc3)c(-c3ccccc3)n12. The number of imidazole rings is 1. The van der Waals surface area contributed by atoms with Crippen LogP contribution in [0.25, 0.3) is 37.7 Å². The molecule has 25 heavy (non-hydrogen) atoms. The monoisotopic (exact) mass is 404 g/mol. The highest BCUT2D eigenvalue weighted by atomic mass is 79.9. The molecule has 0 aliphatic heterocycles. The quantitative estimate of drug-likeness (QED) is 0.322. The summed E-state index contributed by atoms with van der Waals surface area (Å²) in [5, 5.41) is 0. The number of thiazole rings is 1. The van der Waals surface area contributed by atoms with Gasteiger partial charge in [0.1, 0.15) is 0 Å². The van der Waals surface area contributed by atoms with Crippen LogP contribution >= 0.6 is 27.3 Å². The van der Waals surface area contributed by atoms with E-state index < -0.39 is 0 Å². The third-order valence-electron chi connectivity index (χ3n) is 4.31. The molecule has 5 aromatic rings. The van der Waals surface area contributed by atoms with Crippen molar-refractivity contribution in [1.29, 1.82) is 0 Å². The van der Waals surface area contributed by atoms with Gasteiger partial charge in [0.15, 0.2) is 4.96 Å². The Morgan fingerprint density at radius 1 is 0.800 bits per heavy atom. The second kappa shape index (κ2) is 5.83. The van der Waals surface area contributed by atoms with Gasteiger partial charge in [0.2, 0.25) is 0 Å². The Morgan fingerprint density at radius 2 is 1.48 bits per heavy atom. The van der Waals surface area contributed by atoms with Crippen LogP contribution in [0.2, 0.25) is 0 Å². The van der Waals surface area contributed by atoms with Crippen molar-refractivity contribution in [3.05, 3.63) is 83.3 Å². The molecule has 0 bridgehead atoms. The summed E-state index contributed by atoms with van der Waals surface area (Å²) in [5.41, 5.74) is 5.69. The molecule has 0 spiro atoms. The van der Waals surface area contributed by atoms with Gasteiger partial charge >= 0.3 is 0 Å². The predicted octanol–water partition coefficient (Wildman–Crippen LogP) is 6.65. The normalized spacial score (nSPS) is 11.4. The third-order valence-corrected chi connectivity index (χ3v) is 5.80. The van der Waals surface area contributed by atoms with Crippen molar-refractivity contribution in [1.82, 2.24) is 9.38 Å². The van der Waals surface area contributed by atoms with E-state index in [1.54, 1.807) is 11.3 Å². The molecule has 0 saturated heterocycles. The highest BCUT2D eigenvalue weighted by Gasteiger charge is 2.19. The van der Waals surface area contributed by atoms with Crippen LogP contribution in [0.5, 0.6) is 0 Å². The lowest BCUT2D eigenvalue weighted by Crippen LogP contribution is -1.88. The topological polar surface area (TPSA) is 17.3 Å². The maximum Gasteiger partial charge on any atom is 0.195 e. The zero-order valence-corrected chi connectivity index (χ0v) is 15.6. The Labute approximate surface area is 157 Å². The lowest BCUT2D eigenvalue weighted by Gasteiger charge is -2.06. The van der Waals surface area contributed by atoms with E-state index in [2.05, 4.69) is 87.1 Å². The van der Waals surface area contributed by atoms with E-state index in [0.717, 1.165) is 26.4 Å². The standard InChI is InChI=1S/C21H13BrN2S/c22-16-11-12-17-18(13-16)25-21-23-19(14-7-3-1-4-8-14)20(24(17)21)15-9-5-2-6-10-15/h1-13H. The van der Waals surface area contributed by atoms with Gasteiger partial charge in [-0.3, -0.25) is 4.40 Å². The first-order valence-electron chi connectivity index (χ1n) is 8.02. The van der Waals surface area contributed by atoms with Gasteiger partial charge < -0.3 is 0 Å². The molecule has 2 heterocycles. The summed E-state index contributed by atoms with van der Waals surface area (Å²) in [6.45, 7) is 0. The summed E-state index contributed by atoms with van der Waals surface area (Å²) in [6, 6.07) is 27.3. The van der Waals surface area contributed by atoms with Gasteiger partial charge in [-0.1, -0.05) is 87.9 Å². The summed E-state index contributed by atoms with van der Waals surface area (Å²) in [6.07, 6.45) is 0. The first-order valence-corrected chi connectivity index (χ1v) is 9.63. The summed E-state index contributed by atoms with van der Waals surface area (Å²) in [5.74, 6) is 0. The van der Waals surface area contributed by atoms with Crippen LogP contribution in [0.1, 0.15) is 0 Å². The van der Waals surface area contributed by atoms with Gasteiger partial charge in [0.05, 0.1) is 21.6 Å². The molecule has 0 unspecified atom stereocenters. The molecule has 2 aromatic heterocycles. The average Bonchev–Trinajstić information content (AvgIpc) is 3.18. The fourth-order valence-electron chi connectivity index (χ4n) is 3.20. The Balaban J connectivity index is 1.92. The molecule has 120 valence electrons. The first kappa shape index (κ1) is 14.9. The Bertz CT molecular complexity index is 1190. The van der Waals surface area contributed by atoms with Gasteiger partial charge in [-0.05, 0) is 18.2 Å². The minimum absolute atomic E-state index is 1.02. The molecule has 0 atom stereocenters. The van der Waals surface area contributed by atoms with Gasteiger partial charge in [0, 0.05) is 15.6 Å². The van der Waals surface area contributed by atoms with Crippen molar-refractivity contribution in [3.63, 3.8) is 0 Å². The van der Waals surface area contributed by atoms with Gasteiger partial charge in [-0.15, -0.1) is 0 Å². The first-order chi connectivity index (χ1) is 12.3. The van der Waals surface area contributed by atoms with Gasteiger partial charge in [-0.2, -0.15) is 0 Å². The largest absolute Gasteiger partial charge is 0.282 e. The van der Waals surface area contributed by atoms with Crippen molar-refractivity contribution in [3.8, 4) is 22.5 Å². The van der Waals surface area contributed by atoms with E-state index in [1.807, 2.05) is 12.1 Å². The molecule has 0 aliphatic rings. The molecule has 0 amide bonds. The molecular weight excluding hydrogens is 392 g/mol. The number of halogens is 1. The molecule has 4 heteroatoms. The molecule has 0 fully saturated rings. The number of aromatic nitrogens is 2. The fourth-order valence-corrected chi connectivity index (χ4v) is 4.78. The molecule has 0 saturated carbocycles. The van der Waals surface area contributed by atoms with Crippen molar-refractivity contribution in [2.45, 2.75) is 0 Å². The van der Waals surface area contributed by atoms with E-state index in [4.69, 9.17) is 4.98 Å². The van der Waals surface area contributed by atoms with Crippen LogP contribution in [-0.2, 0) is 0 Å². The van der Waals surface area contributed by atoms with Crippen LogP contribution in [-0.4, -0.2) is 9.38 Å². The highest BCUT2D eigenvalue weighted by molar-refractivity contribution is 9.10. The van der Waals surface area contributed by atoms with E-state index >= 15 is 0 Å². The number of rotatable bonds is 2. The van der Waals surface area contributed by atoms with Crippen LogP contribution in [0.3, 0.4) is 0 Å². The zero-order chi connectivity index (χ0) is 16.8. The molecule has 5 rings (SSSR count). The summed E-state index contributed by atoms with van der Waals surface area (Å²) in [4.78, 5) is 6.01. The molecule has 0 radical (unpaired) electrons. The maximum atomic E-state index is 4.99. The van der Waals surface area contributed by atoms with Gasteiger partial charge in [-0.25, -0.2) is 4.98 Å². The van der Waals surface area contributed by atoms with Crippen LogP contribution in [0.4, 0.5) is 0 Å². The van der Waals surface area contributed by atoms with Crippen molar-refractivity contribution in [2.24, 2.45) is 0 Å². The smallest absolute Gasteiger partial charge is 0.195 e. The van der Waals surface area contributed by atoms with E-state index in [1.165, 1.54) is 15.8 Å². The van der Waals surface area contributed by atoms with Crippen LogP contribution in [0.15, 0.2) is 83.3 Å². The Morgan fingerprint density at radius 3 is 2.20 bits per heavy atom. The van der Waals surface area contributed by atoms with E-state index in [-0.39, 0.29) is 0 Å². The van der Waals surface area contributed by atoms with E-state index in [9.17, 15) is 0 Å². The Kier molecular flexibility index (Phi) is 3.47. The summed E-state index contributed by atoms with van der Waals surface area (Å²) >= 11 is 5.29.